The van der Waals surface area contributed by atoms with Gasteiger partial charge in [-0.15, -0.1) is 0 Å². The number of carbonyl (C=O) groups excluding carboxylic acids is 2. The zero-order chi connectivity index (χ0) is 16.7. The highest BCUT2D eigenvalue weighted by Crippen LogP contribution is 2.26. The summed E-state index contributed by atoms with van der Waals surface area (Å²) >= 11 is 0. The van der Waals surface area contributed by atoms with Gasteiger partial charge in [-0.05, 0) is 47.9 Å². The second-order valence-corrected chi connectivity index (χ2v) is 5.23. The van der Waals surface area contributed by atoms with Crippen LogP contribution in [0.4, 0.5) is 0 Å². The first-order valence-electron chi connectivity index (χ1n) is 7.42. The van der Waals surface area contributed by atoms with Crippen LogP contribution >= 0.6 is 0 Å². The first-order valence-corrected chi connectivity index (χ1v) is 7.42. The molecule has 4 heteroatoms. The summed E-state index contributed by atoms with van der Waals surface area (Å²) in [5.74, 6) is 1.34. The number of ketones is 1. The molecular formula is C19H20O4. The van der Waals surface area contributed by atoms with E-state index in [4.69, 9.17) is 9.47 Å². The first kappa shape index (κ1) is 16.7. The lowest BCUT2D eigenvalue weighted by molar-refractivity contribution is -0.108. The maximum Gasteiger partial charge on any atom is 0.163 e. The molecule has 0 bridgehead atoms. The van der Waals surface area contributed by atoms with Gasteiger partial charge in [-0.1, -0.05) is 12.1 Å². The quantitative estimate of drug-likeness (QED) is 0.551. The van der Waals surface area contributed by atoms with Crippen molar-refractivity contribution in [3.63, 3.8) is 0 Å². The van der Waals surface area contributed by atoms with Crippen LogP contribution in [0, 0.1) is 0 Å². The number of rotatable bonds is 8. The molecule has 0 saturated carbocycles. The summed E-state index contributed by atoms with van der Waals surface area (Å²) in [5, 5.41) is 0. The zero-order valence-electron chi connectivity index (χ0n) is 13.3. The number of Topliss-reactive ketones (excluding diaryl/α,β-unsaturated/α-hetero) is 1. The SMILES string of the molecule is COc1ccc(C(=O)CC(CC=O)c2ccc(OC)cc2)cc1. The van der Waals surface area contributed by atoms with E-state index < -0.39 is 0 Å². The molecule has 0 aliphatic heterocycles. The molecule has 0 N–H and O–H groups in total. The number of hydrogen-bond acceptors (Lipinski definition) is 4. The highest BCUT2D eigenvalue weighted by Gasteiger charge is 2.17. The monoisotopic (exact) mass is 312 g/mol. The van der Waals surface area contributed by atoms with E-state index in [9.17, 15) is 9.59 Å². The first-order chi connectivity index (χ1) is 11.2. The third kappa shape index (κ3) is 4.42. The minimum Gasteiger partial charge on any atom is -0.497 e. The molecule has 2 aromatic rings. The Labute approximate surface area is 136 Å². The Hall–Kier alpha value is -2.62. The molecule has 0 spiro atoms. The summed E-state index contributed by atoms with van der Waals surface area (Å²) in [4.78, 5) is 23.4. The van der Waals surface area contributed by atoms with Gasteiger partial charge in [0, 0.05) is 18.4 Å². The molecule has 23 heavy (non-hydrogen) atoms. The van der Waals surface area contributed by atoms with Gasteiger partial charge in [-0.25, -0.2) is 0 Å². The van der Waals surface area contributed by atoms with Crippen molar-refractivity contribution in [2.45, 2.75) is 18.8 Å². The lowest BCUT2D eigenvalue weighted by Gasteiger charge is -2.14. The van der Waals surface area contributed by atoms with Crippen molar-refractivity contribution < 1.29 is 19.1 Å². The second-order valence-electron chi connectivity index (χ2n) is 5.23. The molecule has 4 nitrogen and oxygen atoms in total. The largest absolute Gasteiger partial charge is 0.497 e. The van der Waals surface area contributed by atoms with Crippen molar-refractivity contribution in [1.82, 2.24) is 0 Å². The number of ether oxygens (including phenoxy) is 2. The summed E-state index contributed by atoms with van der Waals surface area (Å²) < 4.78 is 10.2. The summed E-state index contributed by atoms with van der Waals surface area (Å²) in [5.41, 5.74) is 1.58. The molecule has 1 atom stereocenters. The molecule has 0 radical (unpaired) electrons. The molecule has 0 heterocycles. The van der Waals surface area contributed by atoms with Gasteiger partial charge >= 0.3 is 0 Å². The molecule has 2 rings (SSSR count). The van der Waals surface area contributed by atoms with Gasteiger partial charge in [0.2, 0.25) is 0 Å². The molecule has 2 aromatic carbocycles. The fraction of sp³-hybridized carbons (Fsp3) is 0.263. The Balaban J connectivity index is 2.13. The predicted molar refractivity (Wildman–Crippen MR) is 88.4 cm³/mol. The van der Waals surface area contributed by atoms with Gasteiger partial charge < -0.3 is 14.3 Å². The maximum absolute atomic E-state index is 12.4. The second kappa shape index (κ2) is 8.13. The average Bonchev–Trinajstić information content (AvgIpc) is 2.61. The lowest BCUT2D eigenvalue weighted by Crippen LogP contribution is -2.08. The summed E-state index contributed by atoms with van der Waals surface area (Å²) in [6, 6.07) is 14.5. The van der Waals surface area contributed by atoms with Crippen molar-refractivity contribution in [2.24, 2.45) is 0 Å². The van der Waals surface area contributed by atoms with Gasteiger partial charge in [-0.3, -0.25) is 4.79 Å². The van der Waals surface area contributed by atoms with Crippen molar-refractivity contribution in [1.29, 1.82) is 0 Å². The number of aldehydes is 1. The van der Waals surface area contributed by atoms with Crippen molar-refractivity contribution in [2.75, 3.05) is 14.2 Å². The molecule has 0 amide bonds. The minimum atomic E-state index is -0.131. The third-order valence-electron chi connectivity index (χ3n) is 3.81. The fourth-order valence-electron chi connectivity index (χ4n) is 2.45. The number of hydrogen-bond donors (Lipinski definition) is 0. The Morgan fingerprint density at radius 2 is 1.48 bits per heavy atom. The molecule has 120 valence electrons. The molecule has 1 unspecified atom stereocenters. The van der Waals surface area contributed by atoms with E-state index in [1.54, 1.807) is 38.5 Å². The minimum absolute atomic E-state index is 0.00956. The summed E-state index contributed by atoms with van der Waals surface area (Å²) in [6.07, 6.45) is 1.46. The molecule has 0 saturated heterocycles. The van der Waals surface area contributed by atoms with Crippen LogP contribution in [0.2, 0.25) is 0 Å². The maximum atomic E-state index is 12.4. The fourth-order valence-corrected chi connectivity index (χ4v) is 2.45. The number of carbonyl (C=O) groups is 2. The van der Waals surface area contributed by atoms with Crippen molar-refractivity contribution in [3.8, 4) is 11.5 Å². The van der Waals surface area contributed by atoms with Gasteiger partial charge in [0.1, 0.15) is 17.8 Å². The van der Waals surface area contributed by atoms with E-state index >= 15 is 0 Å². The van der Waals surface area contributed by atoms with Crippen LogP contribution in [-0.2, 0) is 4.79 Å². The zero-order valence-corrected chi connectivity index (χ0v) is 13.3. The number of methoxy groups -OCH3 is 2. The van der Waals surface area contributed by atoms with Gasteiger partial charge in [0.25, 0.3) is 0 Å². The van der Waals surface area contributed by atoms with E-state index in [1.807, 2.05) is 24.3 Å². The Kier molecular flexibility index (Phi) is 5.92. The van der Waals surface area contributed by atoms with Crippen LogP contribution in [0.1, 0.15) is 34.7 Å². The van der Waals surface area contributed by atoms with Crippen LogP contribution in [0.5, 0.6) is 11.5 Å². The van der Waals surface area contributed by atoms with Crippen LogP contribution in [-0.4, -0.2) is 26.3 Å². The predicted octanol–water partition coefficient (Wildman–Crippen LogP) is 3.65. The molecule has 0 fully saturated rings. The highest BCUT2D eigenvalue weighted by molar-refractivity contribution is 5.96. The van der Waals surface area contributed by atoms with E-state index in [-0.39, 0.29) is 18.1 Å². The summed E-state index contributed by atoms with van der Waals surface area (Å²) in [6.45, 7) is 0. The smallest absolute Gasteiger partial charge is 0.163 e. The standard InChI is InChI=1S/C19H20O4/c1-22-17-7-3-14(4-8-17)16(11-12-20)13-19(21)15-5-9-18(23-2)10-6-15/h3-10,12,16H,11,13H2,1-2H3. The normalized spacial score (nSPS) is 11.6. The average molecular weight is 312 g/mol. The Morgan fingerprint density at radius 1 is 0.957 bits per heavy atom. The van der Waals surface area contributed by atoms with Crippen molar-refractivity contribution >= 4 is 12.1 Å². The lowest BCUT2D eigenvalue weighted by atomic mass is 9.89. The highest BCUT2D eigenvalue weighted by atomic mass is 16.5. The summed E-state index contributed by atoms with van der Waals surface area (Å²) in [7, 11) is 3.19. The molecule has 0 aliphatic carbocycles. The van der Waals surface area contributed by atoms with Gasteiger partial charge in [0.05, 0.1) is 14.2 Å². The van der Waals surface area contributed by atoms with E-state index in [2.05, 4.69) is 0 Å². The Bertz CT molecular complexity index is 644. The third-order valence-corrected chi connectivity index (χ3v) is 3.81. The van der Waals surface area contributed by atoms with Crippen molar-refractivity contribution in [3.05, 3.63) is 59.7 Å². The van der Waals surface area contributed by atoms with Crippen LogP contribution in [0.3, 0.4) is 0 Å². The molecule has 0 aromatic heterocycles. The van der Waals surface area contributed by atoms with Crippen LogP contribution < -0.4 is 9.47 Å². The Morgan fingerprint density at radius 3 is 1.96 bits per heavy atom. The molecule has 0 aliphatic rings. The van der Waals surface area contributed by atoms with E-state index in [1.165, 1.54) is 0 Å². The van der Waals surface area contributed by atoms with E-state index in [0.717, 1.165) is 17.6 Å². The topological polar surface area (TPSA) is 52.6 Å². The molecular weight excluding hydrogens is 292 g/mol. The van der Waals surface area contributed by atoms with E-state index in [0.29, 0.717) is 17.7 Å². The number of benzene rings is 2. The van der Waals surface area contributed by atoms with Crippen LogP contribution in [0.15, 0.2) is 48.5 Å². The van der Waals surface area contributed by atoms with Crippen LogP contribution in [0.25, 0.3) is 0 Å². The van der Waals surface area contributed by atoms with Gasteiger partial charge in [-0.2, -0.15) is 0 Å². The van der Waals surface area contributed by atoms with Gasteiger partial charge in [0.15, 0.2) is 5.78 Å².